The summed E-state index contributed by atoms with van der Waals surface area (Å²) in [5.74, 6) is 2.65. The molecule has 2 N–H and O–H groups in total. The van der Waals surface area contributed by atoms with Gasteiger partial charge in [0.2, 0.25) is 11.9 Å². The zero-order valence-corrected chi connectivity index (χ0v) is 12.5. The van der Waals surface area contributed by atoms with Gasteiger partial charge in [-0.05, 0) is 19.8 Å². The van der Waals surface area contributed by atoms with E-state index in [0.717, 1.165) is 30.4 Å². The molecule has 0 radical (unpaired) electrons. The summed E-state index contributed by atoms with van der Waals surface area (Å²) in [4.78, 5) is 14.9. The summed E-state index contributed by atoms with van der Waals surface area (Å²) in [6.45, 7) is 10.3. The third kappa shape index (κ3) is 4.33. The first-order valence-corrected chi connectivity index (χ1v) is 7.48. The third-order valence-electron chi connectivity index (χ3n) is 2.86. The predicted octanol–water partition coefficient (Wildman–Crippen LogP) is 2.44. The number of hydrogen-bond donors (Lipinski definition) is 1. The smallest absolute Gasteiger partial charge is 0.231 e. The summed E-state index contributed by atoms with van der Waals surface area (Å²) in [5, 5.41) is 0.727. The molecule has 1 unspecified atom stereocenters. The minimum absolute atomic E-state index is 0.304. The van der Waals surface area contributed by atoms with Crippen molar-refractivity contribution in [2.75, 3.05) is 29.5 Å². The average Bonchev–Trinajstić information content (AvgIpc) is 2.37. The molecular formula is C12H23N5S. The van der Waals surface area contributed by atoms with Crippen molar-refractivity contribution in [3.05, 3.63) is 0 Å². The Bertz CT molecular complexity index is 367. The Morgan fingerprint density at radius 3 is 2.39 bits per heavy atom. The molecule has 102 valence electrons. The molecule has 1 rings (SSSR count). The predicted molar refractivity (Wildman–Crippen MR) is 78.0 cm³/mol. The Kier molecular flexibility index (Phi) is 6.18. The van der Waals surface area contributed by atoms with Crippen molar-refractivity contribution in [2.45, 2.75) is 39.3 Å². The second-order valence-electron chi connectivity index (χ2n) is 4.27. The van der Waals surface area contributed by atoms with Gasteiger partial charge in [0.15, 0.2) is 5.16 Å². The van der Waals surface area contributed by atoms with Crippen LogP contribution in [-0.2, 0) is 0 Å². The minimum atomic E-state index is 0.304. The van der Waals surface area contributed by atoms with Crippen LogP contribution in [0.15, 0.2) is 5.16 Å². The first-order valence-electron chi connectivity index (χ1n) is 6.49. The first-order chi connectivity index (χ1) is 8.60. The fraction of sp³-hybridized carbons (Fsp3) is 0.750. The van der Waals surface area contributed by atoms with Gasteiger partial charge in [-0.2, -0.15) is 15.0 Å². The first kappa shape index (κ1) is 15.0. The van der Waals surface area contributed by atoms with Crippen molar-refractivity contribution in [2.24, 2.45) is 5.92 Å². The molecular weight excluding hydrogens is 246 g/mol. The number of aromatic nitrogens is 3. The lowest BCUT2D eigenvalue weighted by Gasteiger charge is -2.18. The van der Waals surface area contributed by atoms with Gasteiger partial charge in [0.1, 0.15) is 0 Å². The van der Waals surface area contributed by atoms with Gasteiger partial charge in [-0.3, -0.25) is 0 Å². The van der Waals surface area contributed by atoms with Gasteiger partial charge in [0.25, 0.3) is 0 Å². The number of nitrogens with two attached hydrogens (primary N) is 1. The largest absolute Gasteiger partial charge is 0.368 e. The zero-order chi connectivity index (χ0) is 13.5. The molecule has 1 aromatic heterocycles. The van der Waals surface area contributed by atoms with E-state index in [9.17, 15) is 0 Å². The Balaban J connectivity index is 2.80. The number of rotatable bonds is 7. The second kappa shape index (κ2) is 7.41. The number of nitrogen functional groups attached to an aromatic ring is 1. The van der Waals surface area contributed by atoms with Crippen LogP contribution in [0.2, 0.25) is 0 Å². The number of anilines is 2. The van der Waals surface area contributed by atoms with Crippen LogP contribution in [0, 0.1) is 5.92 Å². The van der Waals surface area contributed by atoms with Gasteiger partial charge >= 0.3 is 0 Å². The SMILES string of the molecule is CCC(C)CSc1nc(N)nc(N(CC)CC)n1. The van der Waals surface area contributed by atoms with Crippen molar-refractivity contribution >= 4 is 23.7 Å². The summed E-state index contributed by atoms with van der Waals surface area (Å²) in [6.07, 6.45) is 1.16. The zero-order valence-electron chi connectivity index (χ0n) is 11.7. The molecule has 0 aliphatic rings. The van der Waals surface area contributed by atoms with E-state index in [1.54, 1.807) is 11.8 Å². The van der Waals surface area contributed by atoms with Crippen LogP contribution in [0.5, 0.6) is 0 Å². The molecule has 0 fully saturated rings. The standard InChI is InChI=1S/C12H23N5S/c1-5-9(4)8-18-12-15-10(13)14-11(16-12)17(6-2)7-3/h9H,5-8H2,1-4H3,(H2,13,14,15,16). The number of hydrogen-bond acceptors (Lipinski definition) is 6. The molecule has 0 saturated carbocycles. The summed E-state index contributed by atoms with van der Waals surface area (Å²) < 4.78 is 0. The van der Waals surface area contributed by atoms with E-state index in [2.05, 4.69) is 47.5 Å². The number of thioether (sulfide) groups is 1. The molecule has 1 aromatic rings. The summed E-state index contributed by atoms with van der Waals surface area (Å²) in [6, 6.07) is 0. The van der Waals surface area contributed by atoms with Gasteiger partial charge in [0, 0.05) is 18.8 Å². The Labute approximate surface area is 114 Å². The fourth-order valence-electron chi connectivity index (χ4n) is 1.41. The van der Waals surface area contributed by atoms with Crippen LogP contribution in [-0.4, -0.2) is 33.8 Å². The van der Waals surface area contributed by atoms with Crippen LogP contribution in [0.1, 0.15) is 34.1 Å². The van der Waals surface area contributed by atoms with Crippen LogP contribution >= 0.6 is 11.8 Å². The van der Waals surface area contributed by atoms with Gasteiger partial charge < -0.3 is 10.6 Å². The molecule has 6 heteroatoms. The molecule has 18 heavy (non-hydrogen) atoms. The van der Waals surface area contributed by atoms with E-state index in [4.69, 9.17) is 5.73 Å². The molecule has 1 heterocycles. The normalized spacial score (nSPS) is 12.4. The van der Waals surface area contributed by atoms with Crippen LogP contribution in [0.25, 0.3) is 0 Å². The monoisotopic (exact) mass is 269 g/mol. The highest BCUT2D eigenvalue weighted by Crippen LogP contribution is 2.20. The lowest BCUT2D eigenvalue weighted by Crippen LogP contribution is -2.25. The highest BCUT2D eigenvalue weighted by Gasteiger charge is 2.10. The van der Waals surface area contributed by atoms with E-state index in [0.29, 0.717) is 17.8 Å². The lowest BCUT2D eigenvalue weighted by molar-refractivity contribution is 0.635. The molecule has 0 aromatic carbocycles. The van der Waals surface area contributed by atoms with Crippen molar-refractivity contribution in [3.63, 3.8) is 0 Å². The molecule has 0 amide bonds. The van der Waals surface area contributed by atoms with Gasteiger partial charge in [-0.15, -0.1) is 0 Å². The third-order valence-corrected chi connectivity index (χ3v) is 4.04. The van der Waals surface area contributed by atoms with Crippen molar-refractivity contribution in [1.29, 1.82) is 0 Å². The Morgan fingerprint density at radius 1 is 1.17 bits per heavy atom. The Hall–Kier alpha value is -1.04. The second-order valence-corrected chi connectivity index (χ2v) is 5.26. The van der Waals surface area contributed by atoms with Crippen LogP contribution in [0.4, 0.5) is 11.9 Å². The van der Waals surface area contributed by atoms with Crippen molar-refractivity contribution < 1.29 is 0 Å². The van der Waals surface area contributed by atoms with Gasteiger partial charge in [0.05, 0.1) is 0 Å². The Morgan fingerprint density at radius 2 is 1.83 bits per heavy atom. The fourth-order valence-corrected chi connectivity index (χ4v) is 2.38. The topological polar surface area (TPSA) is 67.9 Å². The molecule has 0 saturated heterocycles. The van der Waals surface area contributed by atoms with E-state index >= 15 is 0 Å². The maximum absolute atomic E-state index is 5.74. The highest BCUT2D eigenvalue weighted by atomic mass is 32.2. The van der Waals surface area contributed by atoms with E-state index in [1.165, 1.54) is 0 Å². The maximum Gasteiger partial charge on any atom is 0.231 e. The molecule has 1 atom stereocenters. The quantitative estimate of drug-likeness (QED) is 0.767. The summed E-state index contributed by atoms with van der Waals surface area (Å²) >= 11 is 1.65. The van der Waals surface area contributed by atoms with Crippen molar-refractivity contribution in [3.8, 4) is 0 Å². The average molecular weight is 269 g/mol. The van der Waals surface area contributed by atoms with Gasteiger partial charge in [-0.25, -0.2) is 0 Å². The van der Waals surface area contributed by atoms with E-state index in [-0.39, 0.29) is 0 Å². The highest BCUT2D eigenvalue weighted by molar-refractivity contribution is 7.99. The molecule has 5 nitrogen and oxygen atoms in total. The summed E-state index contributed by atoms with van der Waals surface area (Å²) in [7, 11) is 0. The van der Waals surface area contributed by atoms with Crippen LogP contribution in [0.3, 0.4) is 0 Å². The van der Waals surface area contributed by atoms with E-state index in [1.807, 2.05) is 0 Å². The molecule has 0 bridgehead atoms. The van der Waals surface area contributed by atoms with Crippen LogP contribution < -0.4 is 10.6 Å². The molecule has 0 aliphatic heterocycles. The minimum Gasteiger partial charge on any atom is -0.368 e. The van der Waals surface area contributed by atoms with E-state index < -0.39 is 0 Å². The molecule has 0 spiro atoms. The van der Waals surface area contributed by atoms with Crippen molar-refractivity contribution in [1.82, 2.24) is 15.0 Å². The maximum atomic E-state index is 5.74. The molecule has 0 aliphatic carbocycles. The van der Waals surface area contributed by atoms with Gasteiger partial charge in [-0.1, -0.05) is 32.0 Å². The number of nitrogens with zero attached hydrogens (tertiary/aromatic N) is 4. The lowest BCUT2D eigenvalue weighted by atomic mass is 10.2. The summed E-state index contributed by atoms with van der Waals surface area (Å²) in [5.41, 5.74) is 5.74.